The van der Waals surface area contributed by atoms with Gasteiger partial charge in [-0.15, -0.1) is 0 Å². The molecule has 1 rings (SSSR count). The molecule has 1 saturated heterocycles. The lowest BCUT2D eigenvalue weighted by molar-refractivity contribution is -0.301. The van der Waals surface area contributed by atoms with Crippen LogP contribution in [0.4, 0.5) is 0 Å². The van der Waals surface area contributed by atoms with Crippen LogP contribution in [0.2, 0.25) is 0 Å². The first kappa shape index (κ1) is 16.8. The SMILES string of the molecule is CCCCCOC[C@H]1O[C@@H](OCC)[C@H](O)[C@@H](O)[C@@H]1O. The maximum atomic E-state index is 9.83. The number of aliphatic hydroxyl groups is 3. The standard InChI is InChI=1S/C13H26O6/c1-3-5-6-7-17-8-9-10(14)11(15)12(16)13(19-9)18-4-2/h9-16H,3-8H2,1-2H3/t9-,10-,11+,12-,13-/m1/s1. The fraction of sp³-hybridized carbons (Fsp3) is 1.00. The molecule has 114 valence electrons. The van der Waals surface area contributed by atoms with Gasteiger partial charge in [0.2, 0.25) is 0 Å². The van der Waals surface area contributed by atoms with Gasteiger partial charge in [0.1, 0.15) is 24.4 Å². The van der Waals surface area contributed by atoms with E-state index in [4.69, 9.17) is 14.2 Å². The molecule has 1 aliphatic heterocycles. The Bertz CT molecular complexity index is 237. The zero-order valence-electron chi connectivity index (χ0n) is 11.7. The molecule has 5 atom stereocenters. The van der Waals surface area contributed by atoms with Gasteiger partial charge in [-0.2, -0.15) is 0 Å². The molecule has 1 fully saturated rings. The van der Waals surface area contributed by atoms with Crippen LogP contribution >= 0.6 is 0 Å². The lowest BCUT2D eigenvalue weighted by atomic mass is 9.99. The number of ether oxygens (including phenoxy) is 3. The quantitative estimate of drug-likeness (QED) is 0.543. The highest BCUT2D eigenvalue weighted by Gasteiger charge is 2.44. The molecular weight excluding hydrogens is 252 g/mol. The van der Waals surface area contributed by atoms with Crippen LogP contribution < -0.4 is 0 Å². The third-order valence-electron chi connectivity index (χ3n) is 3.17. The van der Waals surface area contributed by atoms with Crippen LogP contribution in [0.3, 0.4) is 0 Å². The summed E-state index contributed by atoms with van der Waals surface area (Å²) in [5.74, 6) is 0. The lowest BCUT2D eigenvalue weighted by Gasteiger charge is -2.40. The molecular formula is C13H26O6. The Hall–Kier alpha value is -0.240. The summed E-state index contributed by atoms with van der Waals surface area (Å²) in [7, 11) is 0. The third-order valence-corrected chi connectivity index (χ3v) is 3.17. The molecule has 1 aliphatic rings. The van der Waals surface area contributed by atoms with E-state index < -0.39 is 30.7 Å². The predicted molar refractivity (Wildman–Crippen MR) is 68.7 cm³/mol. The Morgan fingerprint density at radius 2 is 1.74 bits per heavy atom. The predicted octanol–water partition coefficient (Wildman–Crippen LogP) is 0.0373. The normalized spacial score (nSPS) is 35.5. The van der Waals surface area contributed by atoms with Crippen LogP contribution in [0.5, 0.6) is 0 Å². The largest absolute Gasteiger partial charge is 0.387 e. The molecule has 0 spiro atoms. The Kier molecular flexibility index (Phi) is 7.82. The molecule has 0 saturated carbocycles. The van der Waals surface area contributed by atoms with Crippen molar-refractivity contribution in [3.63, 3.8) is 0 Å². The Morgan fingerprint density at radius 3 is 2.37 bits per heavy atom. The van der Waals surface area contributed by atoms with E-state index in [1.165, 1.54) is 0 Å². The number of hydrogen-bond acceptors (Lipinski definition) is 6. The molecule has 0 radical (unpaired) electrons. The van der Waals surface area contributed by atoms with E-state index in [1.807, 2.05) is 0 Å². The molecule has 1 heterocycles. The van der Waals surface area contributed by atoms with Crippen LogP contribution in [0, 0.1) is 0 Å². The first-order valence-electron chi connectivity index (χ1n) is 7.00. The number of hydrogen-bond donors (Lipinski definition) is 3. The zero-order chi connectivity index (χ0) is 14.3. The highest BCUT2D eigenvalue weighted by Crippen LogP contribution is 2.22. The highest BCUT2D eigenvalue weighted by atomic mass is 16.7. The van der Waals surface area contributed by atoms with Crippen molar-refractivity contribution in [1.29, 1.82) is 0 Å². The van der Waals surface area contributed by atoms with Crippen molar-refractivity contribution < 1.29 is 29.5 Å². The molecule has 0 unspecified atom stereocenters. The van der Waals surface area contributed by atoms with Gasteiger partial charge in [0.05, 0.1) is 6.61 Å². The summed E-state index contributed by atoms with van der Waals surface area (Å²) in [6.45, 7) is 5.01. The Balaban J connectivity index is 2.38. The van der Waals surface area contributed by atoms with Crippen LogP contribution in [-0.2, 0) is 14.2 Å². The minimum absolute atomic E-state index is 0.179. The van der Waals surface area contributed by atoms with Crippen molar-refractivity contribution >= 4 is 0 Å². The van der Waals surface area contributed by atoms with Crippen molar-refractivity contribution in [2.45, 2.75) is 63.8 Å². The number of unbranched alkanes of at least 4 members (excludes halogenated alkanes) is 2. The summed E-state index contributed by atoms with van der Waals surface area (Å²) in [6, 6.07) is 0. The van der Waals surface area contributed by atoms with Crippen molar-refractivity contribution in [2.75, 3.05) is 19.8 Å². The van der Waals surface area contributed by atoms with Gasteiger partial charge in [0.25, 0.3) is 0 Å². The molecule has 6 nitrogen and oxygen atoms in total. The second kappa shape index (κ2) is 8.84. The smallest absolute Gasteiger partial charge is 0.186 e. The lowest BCUT2D eigenvalue weighted by Crippen LogP contribution is -2.59. The van der Waals surface area contributed by atoms with Crippen molar-refractivity contribution in [3.05, 3.63) is 0 Å². The molecule has 0 amide bonds. The average Bonchev–Trinajstić information content (AvgIpc) is 2.41. The van der Waals surface area contributed by atoms with Crippen molar-refractivity contribution in [3.8, 4) is 0 Å². The van der Waals surface area contributed by atoms with E-state index in [0.717, 1.165) is 19.3 Å². The second-order valence-corrected chi connectivity index (χ2v) is 4.75. The van der Waals surface area contributed by atoms with E-state index in [1.54, 1.807) is 6.92 Å². The van der Waals surface area contributed by atoms with Gasteiger partial charge in [-0.25, -0.2) is 0 Å². The molecule has 0 aromatic heterocycles. The van der Waals surface area contributed by atoms with Gasteiger partial charge in [-0.1, -0.05) is 19.8 Å². The minimum atomic E-state index is -1.28. The van der Waals surface area contributed by atoms with Gasteiger partial charge in [0, 0.05) is 13.2 Å². The van der Waals surface area contributed by atoms with E-state index in [2.05, 4.69) is 6.92 Å². The molecule has 19 heavy (non-hydrogen) atoms. The van der Waals surface area contributed by atoms with E-state index >= 15 is 0 Å². The fourth-order valence-electron chi connectivity index (χ4n) is 2.01. The monoisotopic (exact) mass is 278 g/mol. The van der Waals surface area contributed by atoms with Gasteiger partial charge >= 0.3 is 0 Å². The van der Waals surface area contributed by atoms with Gasteiger partial charge in [0.15, 0.2) is 6.29 Å². The number of aliphatic hydroxyl groups excluding tert-OH is 3. The van der Waals surface area contributed by atoms with Gasteiger partial charge in [-0.05, 0) is 13.3 Å². The average molecular weight is 278 g/mol. The molecule has 6 heteroatoms. The van der Waals surface area contributed by atoms with E-state index in [-0.39, 0.29) is 6.61 Å². The van der Waals surface area contributed by atoms with E-state index in [9.17, 15) is 15.3 Å². The molecule has 0 aromatic carbocycles. The van der Waals surface area contributed by atoms with Crippen LogP contribution in [0.25, 0.3) is 0 Å². The first-order chi connectivity index (χ1) is 9.11. The summed E-state index contributed by atoms with van der Waals surface area (Å²) in [6.07, 6.45) is -2.14. The minimum Gasteiger partial charge on any atom is -0.387 e. The second-order valence-electron chi connectivity index (χ2n) is 4.75. The summed E-state index contributed by atoms with van der Waals surface area (Å²) in [4.78, 5) is 0. The van der Waals surface area contributed by atoms with Gasteiger partial charge in [-0.3, -0.25) is 0 Å². The summed E-state index contributed by atoms with van der Waals surface area (Å²) < 4.78 is 16.0. The number of rotatable bonds is 8. The van der Waals surface area contributed by atoms with Crippen molar-refractivity contribution in [2.24, 2.45) is 0 Å². The third kappa shape index (κ3) is 4.98. The maximum absolute atomic E-state index is 9.83. The molecule has 0 bridgehead atoms. The van der Waals surface area contributed by atoms with Gasteiger partial charge < -0.3 is 29.5 Å². The summed E-state index contributed by atoms with van der Waals surface area (Å²) in [5, 5.41) is 29.3. The molecule has 3 N–H and O–H groups in total. The summed E-state index contributed by atoms with van der Waals surface area (Å²) >= 11 is 0. The van der Waals surface area contributed by atoms with Crippen LogP contribution in [-0.4, -0.2) is 65.8 Å². The molecule has 0 aliphatic carbocycles. The highest BCUT2D eigenvalue weighted by molar-refractivity contribution is 4.89. The Labute approximate surface area is 114 Å². The fourth-order valence-corrected chi connectivity index (χ4v) is 2.01. The molecule has 0 aromatic rings. The van der Waals surface area contributed by atoms with Crippen LogP contribution in [0.15, 0.2) is 0 Å². The Morgan fingerprint density at radius 1 is 1.00 bits per heavy atom. The van der Waals surface area contributed by atoms with Crippen LogP contribution in [0.1, 0.15) is 33.1 Å². The first-order valence-corrected chi connectivity index (χ1v) is 7.00. The zero-order valence-corrected chi connectivity index (χ0v) is 11.7. The summed E-state index contributed by atoms with van der Waals surface area (Å²) in [5.41, 5.74) is 0. The topological polar surface area (TPSA) is 88.4 Å². The maximum Gasteiger partial charge on any atom is 0.186 e. The van der Waals surface area contributed by atoms with Crippen molar-refractivity contribution in [1.82, 2.24) is 0 Å². The van der Waals surface area contributed by atoms with E-state index in [0.29, 0.717) is 13.2 Å².